The summed E-state index contributed by atoms with van der Waals surface area (Å²) >= 11 is 4.04. The lowest BCUT2D eigenvalue weighted by molar-refractivity contribution is -0.236. The fourth-order valence-electron chi connectivity index (χ4n) is 5.44. The van der Waals surface area contributed by atoms with E-state index in [9.17, 15) is 18.9 Å². The van der Waals surface area contributed by atoms with Crippen LogP contribution >= 0.6 is 28.3 Å². The van der Waals surface area contributed by atoms with E-state index in [0.29, 0.717) is 40.9 Å². The topological polar surface area (TPSA) is 275 Å². The van der Waals surface area contributed by atoms with Gasteiger partial charge in [-0.15, -0.1) is 0 Å². The number of nitrogens with zero attached hydrogens (tertiary/aromatic N) is 8. The summed E-state index contributed by atoms with van der Waals surface area (Å²) in [5.41, 5.74) is 13.2. The van der Waals surface area contributed by atoms with Crippen LogP contribution in [0.25, 0.3) is 22.3 Å². The molecule has 4 N–H and O–H groups in total. The number of fused-ring (bicyclic) bond motifs is 2. The highest BCUT2D eigenvalue weighted by molar-refractivity contribution is 7.80. The third-order valence-electron chi connectivity index (χ3n) is 7.64. The first-order valence-electron chi connectivity index (χ1n) is 14.5. The number of nitrogens with two attached hydrogens (primary N) is 2. The first-order valence-corrected chi connectivity index (χ1v) is 18.1. The number of imidazole rings is 2. The second kappa shape index (κ2) is 14.0. The van der Waals surface area contributed by atoms with Gasteiger partial charge in [0.05, 0.1) is 44.2 Å². The fraction of sp³-hybridized carbons (Fsp3) is 0.583. The van der Waals surface area contributed by atoms with E-state index in [1.165, 1.54) is 29.9 Å². The Morgan fingerprint density at radius 2 is 1.36 bits per heavy atom. The highest BCUT2D eigenvalue weighted by atomic mass is 32.1. The van der Waals surface area contributed by atoms with E-state index in [4.69, 9.17) is 39.0 Å². The second-order valence-corrected chi connectivity index (χ2v) is 13.9. The average molecular weight is 715 g/mol. The maximum absolute atomic E-state index is 13.1. The number of thiol groups is 1. The average Bonchev–Trinajstić information content (AvgIpc) is 3.81. The SMILES string of the molecule is CC[C@H]1O[C@@H](n2cnc3c(N)ncnc32)CC1OP(=O)([O-])OC[C@H]1O[C@@H](n2cnc3c(N)ncnc32)CC1OP(=O)([O-])OCCCS. The Balaban J connectivity index is 1.15. The van der Waals surface area contributed by atoms with Gasteiger partial charge in [0.2, 0.25) is 0 Å². The van der Waals surface area contributed by atoms with Crippen molar-refractivity contribution < 1.29 is 46.5 Å². The van der Waals surface area contributed by atoms with Crippen LogP contribution in [-0.2, 0) is 36.7 Å². The van der Waals surface area contributed by atoms with Crippen molar-refractivity contribution in [3.05, 3.63) is 25.3 Å². The number of rotatable bonds is 14. The zero-order valence-corrected chi connectivity index (χ0v) is 27.6. The molecule has 0 aromatic carbocycles. The van der Waals surface area contributed by atoms with Crippen LogP contribution in [0.15, 0.2) is 25.3 Å². The predicted molar refractivity (Wildman–Crippen MR) is 162 cm³/mol. The summed E-state index contributed by atoms with van der Waals surface area (Å²) < 4.78 is 62.0. The van der Waals surface area contributed by atoms with E-state index >= 15 is 0 Å². The van der Waals surface area contributed by atoms with Gasteiger partial charge in [-0.25, -0.2) is 29.9 Å². The highest BCUT2D eigenvalue weighted by Gasteiger charge is 2.42. The van der Waals surface area contributed by atoms with Crippen molar-refractivity contribution in [2.75, 3.05) is 30.4 Å². The molecule has 0 radical (unpaired) electrons. The molecule has 2 fully saturated rings. The van der Waals surface area contributed by atoms with Gasteiger partial charge in [-0.3, -0.25) is 18.3 Å². The fourth-order valence-corrected chi connectivity index (χ4v) is 7.48. The maximum atomic E-state index is 13.1. The number of ether oxygens (including phenoxy) is 2. The minimum Gasteiger partial charge on any atom is -0.756 e. The number of phosphoric acid groups is 2. The lowest BCUT2D eigenvalue weighted by Crippen LogP contribution is -2.32. The summed E-state index contributed by atoms with van der Waals surface area (Å²) in [6.45, 7) is 1.03. The van der Waals surface area contributed by atoms with E-state index in [2.05, 4.69) is 42.5 Å². The molecule has 0 spiro atoms. The Morgan fingerprint density at radius 3 is 1.89 bits per heavy atom. The molecule has 47 heavy (non-hydrogen) atoms. The van der Waals surface area contributed by atoms with Crippen molar-refractivity contribution in [1.82, 2.24) is 39.0 Å². The molecule has 4 aromatic heterocycles. The van der Waals surface area contributed by atoms with Gasteiger partial charge in [0.1, 0.15) is 42.2 Å². The quantitative estimate of drug-likeness (QED) is 0.0928. The van der Waals surface area contributed by atoms with Gasteiger partial charge in [-0.1, -0.05) is 6.92 Å². The number of nitrogen functional groups attached to an aromatic ring is 2. The second-order valence-electron chi connectivity index (χ2n) is 10.7. The summed E-state index contributed by atoms with van der Waals surface area (Å²) in [4.78, 5) is 50.4. The maximum Gasteiger partial charge on any atom is 0.268 e. The zero-order valence-electron chi connectivity index (χ0n) is 24.9. The van der Waals surface area contributed by atoms with Crippen LogP contribution < -0.4 is 21.3 Å². The van der Waals surface area contributed by atoms with Gasteiger partial charge >= 0.3 is 0 Å². The van der Waals surface area contributed by atoms with Crippen LogP contribution in [0.1, 0.15) is 45.1 Å². The van der Waals surface area contributed by atoms with E-state index in [0.717, 1.165) is 0 Å². The molecule has 4 aromatic rings. The van der Waals surface area contributed by atoms with Crippen molar-refractivity contribution in [3.63, 3.8) is 0 Å². The number of phosphoric ester groups is 2. The molecule has 2 saturated heterocycles. The Morgan fingerprint density at radius 1 is 0.851 bits per heavy atom. The van der Waals surface area contributed by atoms with Crippen molar-refractivity contribution in [1.29, 1.82) is 0 Å². The Kier molecular flexibility index (Phi) is 10.1. The summed E-state index contributed by atoms with van der Waals surface area (Å²) in [5, 5.41) is 0. The molecular weight excluding hydrogens is 682 g/mol. The first-order chi connectivity index (χ1) is 22.5. The standard InChI is InChI=1S/C24H34N10O10P2S/c1-2-13-14(6-17(41-13)33-11-31-19-21(25)27-9-29-23(19)33)43-46(37,38)40-8-16-15(44-45(35,36)39-4-3-5-47)7-18(42-16)34-12-32-20-22(26)28-10-30-24(20)34/h9-18,47H,2-8H2,1H3,(H,35,36)(H,37,38)(H2,25,27,29)(H2,26,28,30)/p-2/t13-,14?,15?,16-,17-,18-/m1/s1. The smallest absolute Gasteiger partial charge is 0.268 e. The van der Waals surface area contributed by atoms with Crippen molar-refractivity contribution in [3.8, 4) is 0 Å². The molecule has 0 bridgehead atoms. The lowest BCUT2D eigenvalue weighted by atomic mass is 10.1. The summed E-state index contributed by atoms with van der Waals surface area (Å²) in [6, 6.07) is 0. The lowest BCUT2D eigenvalue weighted by Gasteiger charge is -2.31. The molecule has 2 aliphatic rings. The zero-order chi connectivity index (χ0) is 33.3. The molecule has 0 amide bonds. The van der Waals surface area contributed by atoms with E-state index in [1.807, 2.05) is 6.92 Å². The molecule has 23 heteroatoms. The highest BCUT2D eigenvalue weighted by Crippen LogP contribution is 2.49. The van der Waals surface area contributed by atoms with Gasteiger partial charge in [0.15, 0.2) is 22.9 Å². The Hall–Kier alpha value is -2.81. The predicted octanol–water partition coefficient (Wildman–Crippen LogP) is 0.876. The van der Waals surface area contributed by atoms with Crippen LogP contribution in [0.2, 0.25) is 0 Å². The van der Waals surface area contributed by atoms with Crippen molar-refractivity contribution in [2.45, 2.75) is 69.5 Å². The molecular formula is C24H32N10O10P2S-2. The third kappa shape index (κ3) is 7.45. The molecule has 2 aliphatic heterocycles. The van der Waals surface area contributed by atoms with E-state index < -0.39 is 59.1 Å². The minimum atomic E-state index is -5.01. The van der Waals surface area contributed by atoms with Gasteiger partial charge in [0, 0.05) is 12.8 Å². The summed E-state index contributed by atoms with van der Waals surface area (Å²) in [7, 11) is -9.84. The van der Waals surface area contributed by atoms with Crippen LogP contribution in [-0.4, -0.2) is 82.4 Å². The van der Waals surface area contributed by atoms with Crippen LogP contribution in [0.4, 0.5) is 11.6 Å². The number of hydrogen-bond acceptors (Lipinski definition) is 19. The van der Waals surface area contributed by atoms with E-state index in [-0.39, 0.29) is 31.1 Å². The van der Waals surface area contributed by atoms with Gasteiger partial charge in [0.25, 0.3) is 15.6 Å². The van der Waals surface area contributed by atoms with Crippen molar-refractivity contribution in [2.24, 2.45) is 0 Å². The molecule has 8 atom stereocenters. The van der Waals surface area contributed by atoms with Gasteiger partial charge < -0.3 is 48.8 Å². The summed E-state index contributed by atoms with van der Waals surface area (Å²) in [5.74, 6) is 0.724. The molecule has 20 nitrogen and oxygen atoms in total. The normalized spacial score (nSPS) is 27.4. The third-order valence-corrected chi connectivity index (χ3v) is 9.97. The largest absolute Gasteiger partial charge is 0.756 e. The van der Waals surface area contributed by atoms with Gasteiger partial charge in [-0.05, 0) is 18.6 Å². The molecule has 6 heterocycles. The van der Waals surface area contributed by atoms with Crippen LogP contribution in [0.3, 0.4) is 0 Å². The summed E-state index contributed by atoms with van der Waals surface area (Å²) in [6.07, 6.45) is 0.788. The molecule has 0 saturated carbocycles. The molecule has 4 unspecified atom stereocenters. The van der Waals surface area contributed by atoms with E-state index in [1.54, 1.807) is 4.57 Å². The van der Waals surface area contributed by atoms with Crippen LogP contribution in [0, 0.1) is 0 Å². The molecule has 256 valence electrons. The van der Waals surface area contributed by atoms with Crippen molar-refractivity contribution >= 4 is 62.2 Å². The Bertz CT molecular complexity index is 1810. The first kappa shape index (κ1) is 34.1. The molecule has 6 rings (SSSR count). The Labute approximate surface area is 272 Å². The number of hydrogen-bond donors (Lipinski definition) is 3. The van der Waals surface area contributed by atoms with Gasteiger partial charge in [-0.2, -0.15) is 12.6 Å². The number of aromatic nitrogens is 8. The monoisotopic (exact) mass is 714 g/mol. The number of anilines is 2. The van der Waals surface area contributed by atoms with Crippen LogP contribution in [0.5, 0.6) is 0 Å². The molecule has 0 aliphatic carbocycles. The minimum absolute atomic E-state index is 0.0570.